The molecule has 0 saturated carbocycles. The maximum Gasteiger partial charge on any atom is 0.0529 e. The number of hydrogen-bond acceptors (Lipinski definition) is 2. The maximum absolute atomic E-state index is 2.41. The van der Waals surface area contributed by atoms with Crippen LogP contribution in [0.15, 0.2) is 0 Å². The molecule has 48 valence electrons. The summed E-state index contributed by atoms with van der Waals surface area (Å²) < 4.78 is 0. The predicted molar refractivity (Wildman–Crippen MR) is 39.1 cm³/mol. The molecule has 1 nitrogen and oxygen atoms in total. The molecular formula is C6H13NS. The number of thioether (sulfide) groups is 1. The molecule has 0 spiro atoms. The third-order valence-corrected chi connectivity index (χ3v) is 3.34. The topological polar surface area (TPSA) is 3.24 Å². The standard InChI is InChI=1S/C6H13NS/c1-5-4-8-6(2)7(5)3/h5-6H,4H2,1-3H3/t5-,6?/m0/s1. The van der Waals surface area contributed by atoms with E-state index < -0.39 is 0 Å². The Morgan fingerprint density at radius 3 is 2.25 bits per heavy atom. The molecule has 2 atom stereocenters. The second-order valence-corrected chi connectivity index (χ2v) is 3.80. The molecule has 1 aliphatic heterocycles. The van der Waals surface area contributed by atoms with Crippen molar-refractivity contribution in [3.63, 3.8) is 0 Å². The Kier molecular flexibility index (Phi) is 1.83. The van der Waals surface area contributed by atoms with Gasteiger partial charge in [0.25, 0.3) is 0 Å². The van der Waals surface area contributed by atoms with Gasteiger partial charge in [0.15, 0.2) is 0 Å². The monoisotopic (exact) mass is 131 g/mol. The van der Waals surface area contributed by atoms with Gasteiger partial charge in [-0.05, 0) is 20.9 Å². The third kappa shape index (κ3) is 1.00. The molecule has 0 aromatic heterocycles. The Hall–Kier alpha value is 0.310. The summed E-state index contributed by atoms with van der Waals surface area (Å²) in [4.78, 5) is 2.41. The van der Waals surface area contributed by atoms with Crippen molar-refractivity contribution in [1.29, 1.82) is 0 Å². The fourth-order valence-corrected chi connectivity index (χ4v) is 2.11. The van der Waals surface area contributed by atoms with E-state index in [-0.39, 0.29) is 0 Å². The van der Waals surface area contributed by atoms with E-state index in [1.165, 1.54) is 5.75 Å². The molecule has 0 amide bonds. The van der Waals surface area contributed by atoms with Gasteiger partial charge in [-0.25, -0.2) is 0 Å². The molecule has 0 aromatic carbocycles. The van der Waals surface area contributed by atoms with Crippen molar-refractivity contribution in [3.05, 3.63) is 0 Å². The first-order valence-electron chi connectivity index (χ1n) is 3.05. The molecule has 1 saturated heterocycles. The Morgan fingerprint density at radius 1 is 1.50 bits per heavy atom. The molecule has 0 bridgehead atoms. The second-order valence-electron chi connectivity index (χ2n) is 2.45. The van der Waals surface area contributed by atoms with Crippen molar-refractivity contribution >= 4 is 11.8 Å². The van der Waals surface area contributed by atoms with E-state index in [4.69, 9.17) is 0 Å². The molecule has 2 heteroatoms. The summed E-state index contributed by atoms with van der Waals surface area (Å²) in [7, 11) is 2.19. The van der Waals surface area contributed by atoms with Gasteiger partial charge in [-0.3, -0.25) is 4.90 Å². The predicted octanol–water partition coefficient (Wildman–Crippen LogP) is 1.40. The van der Waals surface area contributed by atoms with Crippen LogP contribution >= 0.6 is 11.8 Å². The summed E-state index contributed by atoms with van der Waals surface area (Å²) in [6.45, 7) is 4.53. The van der Waals surface area contributed by atoms with Gasteiger partial charge in [0.05, 0.1) is 5.37 Å². The van der Waals surface area contributed by atoms with Gasteiger partial charge in [-0.1, -0.05) is 0 Å². The summed E-state index contributed by atoms with van der Waals surface area (Å²) in [5.74, 6) is 1.30. The SMILES string of the molecule is CC1SC[C@H](C)N1C. The lowest BCUT2D eigenvalue weighted by Gasteiger charge is -2.17. The van der Waals surface area contributed by atoms with Crippen LogP contribution in [0.3, 0.4) is 0 Å². The van der Waals surface area contributed by atoms with Crippen LogP contribution in [-0.2, 0) is 0 Å². The zero-order valence-electron chi connectivity index (χ0n) is 5.72. The summed E-state index contributed by atoms with van der Waals surface area (Å²) in [6, 6.07) is 0.787. The summed E-state index contributed by atoms with van der Waals surface area (Å²) >= 11 is 2.04. The van der Waals surface area contributed by atoms with Crippen LogP contribution in [0.5, 0.6) is 0 Å². The van der Waals surface area contributed by atoms with Crippen molar-refractivity contribution in [2.24, 2.45) is 0 Å². The molecule has 1 aliphatic rings. The quantitative estimate of drug-likeness (QED) is 0.489. The Balaban J connectivity index is 2.44. The second kappa shape index (κ2) is 2.28. The minimum atomic E-state index is 0.741. The number of hydrogen-bond donors (Lipinski definition) is 0. The van der Waals surface area contributed by atoms with Crippen LogP contribution in [0.25, 0.3) is 0 Å². The van der Waals surface area contributed by atoms with Gasteiger partial charge < -0.3 is 0 Å². The van der Waals surface area contributed by atoms with Crippen molar-refractivity contribution in [1.82, 2.24) is 4.90 Å². The largest absolute Gasteiger partial charge is 0.291 e. The van der Waals surface area contributed by atoms with Crippen LogP contribution in [0.4, 0.5) is 0 Å². The highest BCUT2D eigenvalue weighted by molar-refractivity contribution is 8.00. The van der Waals surface area contributed by atoms with Crippen molar-refractivity contribution in [3.8, 4) is 0 Å². The number of rotatable bonds is 0. The first-order chi connectivity index (χ1) is 3.72. The summed E-state index contributed by atoms with van der Waals surface area (Å²) in [5.41, 5.74) is 0. The minimum Gasteiger partial charge on any atom is -0.291 e. The first-order valence-corrected chi connectivity index (χ1v) is 4.10. The molecule has 8 heavy (non-hydrogen) atoms. The van der Waals surface area contributed by atoms with Crippen molar-refractivity contribution in [2.45, 2.75) is 25.3 Å². The van der Waals surface area contributed by atoms with Crippen LogP contribution in [0.2, 0.25) is 0 Å². The average molecular weight is 131 g/mol. The van der Waals surface area contributed by atoms with E-state index in [9.17, 15) is 0 Å². The van der Waals surface area contributed by atoms with E-state index in [1.54, 1.807) is 0 Å². The summed E-state index contributed by atoms with van der Waals surface area (Å²) in [5, 5.41) is 0.741. The third-order valence-electron chi connectivity index (χ3n) is 1.85. The fourth-order valence-electron chi connectivity index (χ4n) is 0.872. The van der Waals surface area contributed by atoms with Gasteiger partial charge in [-0.15, -0.1) is 11.8 Å². The fraction of sp³-hybridized carbons (Fsp3) is 1.00. The minimum absolute atomic E-state index is 0.741. The zero-order valence-corrected chi connectivity index (χ0v) is 6.53. The van der Waals surface area contributed by atoms with Gasteiger partial charge in [0.2, 0.25) is 0 Å². The van der Waals surface area contributed by atoms with Crippen LogP contribution < -0.4 is 0 Å². The molecule has 0 N–H and O–H groups in total. The smallest absolute Gasteiger partial charge is 0.0529 e. The van der Waals surface area contributed by atoms with Crippen molar-refractivity contribution in [2.75, 3.05) is 12.8 Å². The molecule has 0 aromatic rings. The molecule has 0 radical (unpaired) electrons. The van der Waals surface area contributed by atoms with Crippen LogP contribution in [0.1, 0.15) is 13.8 Å². The van der Waals surface area contributed by atoms with Gasteiger partial charge in [0, 0.05) is 11.8 Å². The lowest BCUT2D eigenvalue weighted by molar-refractivity contribution is 0.290. The normalized spacial score (nSPS) is 40.9. The molecule has 0 aliphatic carbocycles. The van der Waals surface area contributed by atoms with E-state index in [1.807, 2.05) is 11.8 Å². The van der Waals surface area contributed by atoms with Gasteiger partial charge in [-0.2, -0.15) is 0 Å². The Morgan fingerprint density at radius 2 is 2.12 bits per heavy atom. The lowest BCUT2D eigenvalue weighted by atomic mass is 10.3. The van der Waals surface area contributed by atoms with Crippen molar-refractivity contribution < 1.29 is 0 Å². The molecule has 1 rings (SSSR count). The molecule has 1 heterocycles. The van der Waals surface area contributed by atoms with E-state index in [2.05, 4.69) is 25.8 Å². The zero-order chi connectivity index (χ0) is 6.15. The van der Waals surface area contributed by atoms with E-state index >= 15 is 0 Å². The Bertz CT molecular complexity index is 74.6. The van der Waals surface area contributed by atoms with Gasteiger partial charge >= 0.3 is 0 Å². The number of nitrogens with zero attached hydrogens (tertiary/aromatic N) is 1. The van der Waals surface area contributed by atoms with Crippen LogP contribution in [-0.4, -0.2) is 29.1 Å². The van der Waals surface area contributed by atoms with E-state index in [0.29, 0.717) is 0 Å². The molecule has 1 unspecified atom stereocenters. The Labute approximate surface area is 55.4 Å². The average Bonchev–Trinajstić information content (AvgIpc) is 1.98. The highest BCUT2D eigenvalue weighted by atomic mass is 32.2. The maximum atomic E-state index is 2.41. The molecule has 1 fully saturated rings. The highest BCUT2D eigenvalue weighted by Gasteiger charge is 2.23. The van der Waals surface area contributed by atoms with Gasteiger partial charge in [0.1, 0.15) is 0 Å². The highest BCUT2D eigenvalue weighted by Crippen LogP contribution is 2.25. The first kappa shape index (κ1) is 6.43. The van der Waals surface area contributed by atoms with Crippen LogP contribution in [0, 0.1) is 0 Å². The van der Waals surface area contributed by atoms with E-state index in [0.717, 1.165) is 11.4 Å². The summed E-state index contributed by atoms with van der Waals surface area (Å²) in [6.07, 6.45) is 0. The lowest BCUT2D eigenvalue weighted by Crippen LogP contribution is -2.28. The molecular weight excluding hydrogens is 118 g/mol.